The van der Waals surface area contributed by atoms with Crippen molar-refractivity contribution in [1.82, 2.24) is 4.58 Å². The zero-order valence-corrected chi connectivity index (χ0v) is 33.1. The molecule has 0 radical (unpaired) electrons. The summed E-state index contributed by atoms with van der Waals surface area (Å²) in [6.45, 7) is 14.0. The lowest BCUT2D eigenvalue weighted by atomic mass is 9.70. The molecule has 5 heteroatoms. The number of carbonyl (C=O) groups is 1. The molecule has 6 aromatic rings. The molecule has 280 valence electrons. The van der Waals surface area contributed by atoms with Crippen molar-refractivity contribution < 1.29 is 14.6 Å². The van der Waals surface area contributed by atoms with Gasteiger partial charge in [-0.2, -0.15) is 0 Å². The number of allylic oxidation sites excluding steroid dienone is 1. The van der Waals surface area contributed by atoms with Gasteiger partial charge in [0, 0.05) is 45.5 Å². The third-order valence-electron chi connectivity index (χ3n) is 13.2. The van der Waals surface area contributed by atoms with Crippen molar-refractivity contribution in [2.45, 2.75) is 52.6 Å². The van der Waals surface area contributed by atoms with E-state index in [4.69, 9.17) is 4.74 Å². The number of anilines is 1. The molecule has 6 aromatic carbocycles. The minimum absolute atomic E-state index is 0.103. The summed E-state index contributed by atoms with van der Waals surface area (Å²) in [6.07, 6.45) is 7.43. The molecular weight excluding hydrogens is 701 g/mol. The molecule has 0 amide bonds. The largest absolute Gasteiger partial charge is 0.478 e. The van der Waals surface area contributed by atoms with Crippen molar-refractivity contribution in [2.75, 3.05) is 18.0 Å². The van der Waals surface area contributed by atoms with Gasteiger partial charge in [-0.05, 0) is 101 Å². The summed E-state index contributed by atoms with van der Waals surface area (Å²) in [4.78, 5) is 14.3. The van der Waals surface area contributed by atoms with Crippen LogP contribution in [0.3, 0.4) is 0 Å². The number of hydrogen-bond donors (Lipinski definition) is 1. The smallest absolute Gasteiger partial charge is 0.335 e. The Morgan fingerprint density at radius 2 is 1.51 bits per heavy atom. The molecule has 57 heavy (non-hydrogen) atoms. The molecule has 0 spiro atoms. The second-order valence-electron chi connectivity index (χ2n) is 18.1. The molecule has 1 N–H and O–H groups in total. The number of hydrogen-bond acceptors (Lipinski definition) is 3. The summed E-state index contributed by atoms with van der Waals surface area (Å²) in [5.74, 6) is 1.23. The normalized spacial score (nSPS) is 20.7. The minimum atomic E-state index is -0.909. The van der Waals surface area contributed by atoms with Gasteiger partial charge in [0.1, 0.15) is 11.5 Å². The van der Waals surface area contributed by atoms with Gasteiger partial charge in [0.2, 0.25) is 5.36 Å². The van der Waals surface area contributed by atoms with Crippen molar-refractivity contribution in [1.29, 1.82) is 0 Å². The first-order valence-electron chi connectivity index (χ1n) is 20.2. The van der Waals surface area contributed by atoms with Crippen LogP contribution in [0.15, 0.2) is 132 Å². The SMILES string of the molecule is Cc1ccc(N2CC(C)(C)C3=C4Oc5c6c(c7cc8ccccc8cc7c5=CC4=C4C=c5ccccc5=CC4C32)=[N+](Cc2ccc(C(=O)O)cc2)CC6(C)C)cc1. The molecule has 0 saturated carbocycles. The van der Waals surface area contributed by atoms with Gasteiger partial charge in [-0.15, -0.1) is 0 Å². The van der Waals surface area contributed by atoms with Gasteiger partial charge < -0.3 is 14.7 Å². The molecule has 2 unspecified atom stereocenters. The van der Waals surface area contributed by atoms with Gasteiger partial charge in [0.25, 0.3) is 0 Å². The first kappa shape index (κ1) is 34.1. The zero-order valence-electron chi connectivity index (χ0n) is 33.1. The fourth-order valence-electron chi connectivity index (χ4n) is 10.7. The molecule has 1 fully saturated rings. The fraction of sp³-hybridized carbons (Fsp3) is 0.231. The summed E-state index contributed by atoms with van der Waals surface area (Å²) >= 11 is 0. The van der Waals surface area contributed by atoms with Crippen LogP contribution >= 0.6 is 0 Å². The number of aryl methyl sites for hydroxylation is 1. The van der Waals surface area contributed by atoms with Crippen molar-refractivity contribution >= 4 is 51.4 Å². The Morgan fingerprint density at radius 1 is 0.825 bits per heavy atom. The second kappa shape index (κ2) is 11.9. The molecule has 1 saturated heterocycles. The molecule has 11 rings (SSSR count). The van der Waals surface area contributed by atoms with Crippen LogP contribution in [-0.2, 0) is 12.0 Å². The second-order valence-corrected chi connectivity index (χ2v) is 18.1. The molecule has 2 atom stereocenters. The summed E-state index contributed by atoms with van der Waals surface area (Å²) in [5.41, 5.74) is 8.63. The van der Waals surface area contributed by atoms with E-state index in [1.165, 1.54) is 70.9 Å². The van der Waals surface area contributed by atoms with Crippen LogP contribution in [0.4, 0.5) is 5.69 Å². The van der Waals surface area contributed by atoms with Gasteiger partial charge in [0.15, 0.2) is 13.1 Å². The Morgan fingerprint density at radius 3 is 2.23 bits per heavy atom. The topological polar surface area (TPSA) is 52.8 Å². The number of carboxylic acids is 1. The van der Waals surface area contributed by atoms with E-state index in [0.29, 0.717) is 12.1 Å². The number of benzene rings is 6. The highest BCUT2D eigenvalue weighted by atomic mass is 16.5. The average Bonchev–Trinajstić information content (AvgIpc) is 3.64. The standard InChI is InChI=1S/C52H44N2O3/c1-30-14-20-37(21-15-30)54-29-52(4,5)45-47(54)41-25-36-13-9-7-11-34(36)23-39(41)43-26-42-38-22-33-10-6-8-12-35(33)24-40(38)46-44(48(42)57-49(43)45)51(2,3)28-53(46)27-31-16-18-32(19-17-31)50(55)56/h6-26,41,47H,27-29H2,1-5H3/p+1. The van der Waals surface area contributed by atoms with E-state index in [1.54, 1.807) is 12.1 Å². The van der Waals surface area contributed by atoms with Crippen LogP contribution in [-0.4, -0.2) is 30.2 Å². The number of aromatic carboxylic acids is 1. The van der Waals surface area contributed by atoms with Crippen molar-refractivity contribution in [2.24, 2.45) is 11.3 Å². The molecule has 0 bridgehead atoms. The lowest BCUT2D eigenvalue weighted by molar-refractivity contribution is 0.0697. The van der Waals surface area contributed by atoms with Crippen LogP contribution < -0.4 is 35.2 Å². The summed E-state index contributed by atoms with van der Waals surface area (Å²) < 4.78 is 10.2. The van der Waals surface area contributed by atoms with Crippen LogP contribution in [0.2, 0.25) is 0 Å². The number of rotatable bonds is 4. The summed E-state index contributed by atoms with van der Waals surface area (Å²) in [7, 11) is 0. The Bertz CT molecular complexity index is 3110. The minimum Gasteiger partial charge on any atom is -0.478 e. The maximum Gasteiger partial charge on any atom is 0.335 e. The van der Waals surface area contributed by atoms with Crippen molar-refractivity contribution in [3.63, 3.8) is 0 Å². The van der Waals surface area contributed by atoms with Crippen LogP contribution in [0.25, 0.3) is 39.8 Å². The van der Waals surface area contributed by atoms with Gasteiger partial charge >= 0.3 is 5.97 Å². The first-order chi connectivity index (χ1) is 27.4. The molecule has 2 aliphatic carbocycles. The fourth-order valence-corrected chi connectivity index (χ4v) is 10.7. The van der Waals surface area contributed by atoms with E-state index in [9.17, 15) is 9.90 Å². The number of fused-ring (bicyclic) bond motifs is 12. The van der Waals surface area contributed by atoms with Crippen LogP contribution in [0.5, 0.6) is 5.75 Å². The predicted molar refractivity (Wildman–Crippen MR) is 230 cm³/mol. The maximum atomic E-state index is 11.7. The predicted octanol–water partition coefficient (Wildman–Crippen LogP) is 7.53. The van der Waals surface area contributed by atoms with Crippen molar-refractivity contribution in [3.8, 4) is 5.75 Å². The lowest BCUT2D eigenvalue weighted by Crippen LogP contribution is -2.44. The number of ether oxygens (including phenoxy) is 1. The van der Waals surface area contributed by atoms with Gasteiger partial charge in [-0.25, -0.2) is 9.37 Å². The molecule has 3 heterocycles. The third-order valence-corrected chi connectivity index (χ3v) is 13.2. The highest BCUT2D eigenvalue weighted by molar-refractivity contribution is 6.01. The van der Waals surface area contributed by atoms with Gasteiger partial charge in [-0.1, -0.05) is 98.3 Å². The number of nitrogens with zero attached hydrogens (tertiary/aromatic N) is 2. The highest BCUT2D eigenvalue weighted by Gasteiger charge is 2.53. The third kappa shape index (κ3) is 5.07. The van der Waals surface area contributed by atoms with E-state index >= 15 is 0 Å². The quantitative estimate of drug-likeness (QED) is 0.150. The van der Waals surface area contributed by atoms with Crippen LogP contribution in [0, 0.1) is 18.3 Å². The molecule has 0 aromatic heterocycles. The maximum absolute atomic E-state index is 11.7. The van der Waals surface area contributed by atoms with E-state index in [0.717, 1.165) is 35.4 Å². The van der Waals surface area contributed by atoms with Crippen molar-refractivity contribution in [3.05, 3.63) is 175 Å². The molecule has 3 aliphatic heterocycles. The molecular formula is C52H45N2O3+. The highest BCUT2D eigenvalue weighted by Crippen LogP contribution is 2.54. The lowest BCUT2D eigenvalue weighted by Gasteiger charge is -2.40. The average molecular weight is 746 g/mol. The van der Waals surface area contributed by atoms with Crippen LogP contribution in [0.1, 0.15) is 54.7 Å². The molecule has 5 nitrogen and oxygen atoms in total. The molecule has 5 aliphatic rings. The van der Waals surface area contributed by atoms with E-state index < -0.39 is 5.97 Å². The van der Waals surface area contributed by atoms with E-state index in [-0.39, 0.29) is 22.8 Å². The van der Waals surface area contributed by atoms with Gasteiger partial charge in [0.05, 0.1) is 28.0 Å². The Balaban J connectivity index is 1.24. The number of carboxylic acid groups (broad SMARTS) is 1. The van der Waals surface area contributed by atoms with Gasteiger partial charge in [-0.3, -0.25) is 0 Å². The summed E-state index contributed by atoms with van der Waals surface area (Å²) in [5, 5.41) is 19.3. The monoisotopic (exact) mass is 745 g/mol. The first-order valence-corrected chi connectivity index (χ1v) is 20.2. The Hall–Kier alpha value is -6.20. The summed E-state index contributed by atoms with van der Waals surface area (Å²) in [6, 6.07) is 38.7. The zero-order chi connectivity index (χ0) is 39.0. The Kier molecular flexibility index (Phi) is 7.12. The Labute approximate surface area is 332 Å². The van der Waals surface area contributed by atoms with E-state index in [2.05, 4.69) is 147 Å². The van der Waals surface area contributed by atoms with E-state index in [1.807, 2.05) is 12.1 Å².